The minimum Gasteiger partial charge on any atom is -0.518 e. The molecule has 1 N–H and O–H groups in total. The maximum atomic E-state index is 12.4. The molecule has 0 amide bonds. The summed E-state index contributed by atoms with van der Waals surface area (Å²) in [6, 6.07) is 1.16. The molecule has 0 aliphatic heterocycles. The topological polar surface area (TPSA) is 47.6 Å². The van der Waals surface area contributed by atoms with Crippen molar-refractivity contribution < 1.29 is 13.6 Å². The quantitative estimate of drug-likeness (QED) is 0.342. The molecule has 0 spiro atoms. The van der Waals surface area contributed by atoms with Crippen LogP contribution in [0.3, 0.4) is 0 Å². The molecule has 0 rings (SSSR count). The Bertz CT molecular complexity index is 363. The molecule has 6 heteroatoms. The van der Waals surface area contributed by atoms with Crippen LogP contribution in [0.4, 0.5) is 0 Å². The van der Waals surface area contributed by atoms with Gasteiger partial charge < -0.3 is 14.2 Å². The summed E-state index contributed by atoms with van der Waals surface area (Å²) in [5, 5.41) is 3.39. The summed E-state index contributed by atoms with van der Waals surface area (Å²) in [5.41, 5.74) is 1.32. The van der Waals surface area contributed by atoms with E-state index in [0.717, 1.165) is 25.6 Å². The van der Waals surface area contributed by atoms with Crippen molar-refractivity contribution in [3.8, 4) is 0 Å². The SMILES string of the molecule is CCO[Si](C)(C)CCCNCCC(=O)O[Si](C(C)C)(C(C)C)C(C)C. The summed E-state index contributed by atoms with van der Waals surface area (Å²) in [7, 11) is -3.57. The number of nitrogens with one attached hydrogen (secondary N) is 1. The molecule has 0 fully saturated rings. The molecule has 25 heavy (non-hydrogen) atoms. The predicted molar refractivity (Wildman–Crippen MR) is 113 cm³/mol. The second-order valence-electron chi connectivity index (χ2n) is 8.59. The Morgan fingerprint density at radius 3 is 1.92 bits per heavy atom. The average molecular weight is 390 g/mol. The van der Waals surface area contributed by atoms with Crippen molar-refractivity contribution in [2.24, 2.45) is 0 Å². The summed E-state index contributed by atoms with van der Waals surface area (Å²) in [4.78, 5) is 12.4. The first-order valence-electron chi connectivity index (χ1n) is 10.1. The maximum absolute atomic E-state index is 12.4. The van der Waals surface area contributed by atoms with Crippen LogP contribution in [0.5, 0.6) is 0 Å². The van der Waals surface area contributed by atoms with Crippen LogP contribution in [0.2, 0.25) is 35.8 Å². The number of hydrogen-bond acceptors (Lipinski definition) is 4. The lowest BCUT2D eigenvalue weighted by molar-refractivity contribution is -0.135. The molecule has 0 aliphatic carbocycles. The Hall–Kier alpha value is -0.176. The van der Waals surface area contributed by atoms with Gasteiger partial charge in [0.2, 0.25) is 0 Å². The van der Waals surface area contributed by atoms with Crippen molar-refractivity contribution in [1.82, 2.24) is 5.32 Å². The lowest BCUT2D eigenvalue weighted by Gasteiger charge is -2.41. The van der Waals surface area contributed by atoms with Crippen LogP contribution >= 0.6 is 0 Å². The minimum atomic E-state index is -2.09. The fourth-order valence-electron chi connectivity index (χ4n) is 4.02. The second-order valence-corrected chi connectivity index (χ2v) is 18.3. The van der Waals surface area contributed by atoms with Crippen LogP contribution in [0, 0.1) is 0 Å². The van der Waals surface area contributed by atoms with Crippen molar-refractivity contribution in [3.63, 3.8) is 0 Å². The van der Waals surface area contributed by atoms with E-state index in [1.165, 1.54) is 0 Å². The molecule has 0 bridgehead atoms. The molecule has 0 unspecified atom stereocenters. The summed E-state index contributed by atoms with van der Waals surface area (Å²) in [6.07, 6.45) is 1.57. The van der Waals surface area contributed by atoms with Gasteiger partial charge in [-0.25, -0.2) is 0 Å². The monoisotopic (exact) mass is 389 g/mol. The Labute approximate surface area is 158 Å². The van der Waals surface area contributed by atoms with E-state index in [9.17, 15) is 4.79 Å². The Balaban J connectivity index is 4.26. The number of hydrogen-bond donors (Lipinski definition) is 1. The van der Waals surface area contributed by atoms with Crippen LogP contribution in [0.15, 0.2) is 0 Å². The van der Waals surface area contributed by atoms with Gasteiger partial charge in [0.05, 0.1) is 6.42 Å². The highest BCUT2D eigenvalue weighted by atomic mass is 28.4. The molecule has 0 radical (unpaired) electrons. The fraction of sp³-hybridized carbons (Fsp3) is 0.947. The van der Waals surface area contributed by atoms with E-state index in [0.29, 0.717) is 29.6 Å². The zero-order valence-corrected chi connectivity index (χ0v) is 20.2. The highest BCUT2D eigenvalue weighted by Crippen LogP contribution is 2.42. The Kier molecular flexibility index (Phi) is 11.4. The zero-order chi connectivity index (χ0) is 19.7. The minimum absolute atomic E-state index is 0.0284. The van der Waals surface area contributed by atoms with Crippen molar-refractivity contribution in [1.29, 1.82) is 0 Å². The van der Waals surface area contributed by atoms with E-state index in [1.54, 1.807) is 0 Å². The Morgan fingerprint density at radius 2 is 1.48 bits per heavy atom. The standard InChI is InChI=1S/C19H43NO3Si2/c1-10-22-24(8,9)15-11-13-20-14-12-19(21)23-25(16(2)3,17(4)5)18(6)7/h16-18,20H,10-15H2,1-9H3. The van der Waals surface area contributed by atoms with Gasteiger partial charge in [0, 0.05) is 13.2 Å². The smallest absolute Gasteiger partial charge is 0.293 e. The van der Waals surface area contributed by atoms with Gasteiger partial charge in [0.1, 0.15) is 0 Å². The molecule has 0 aromatic carbocycles. The molecule has 0 atom stereocenters. The normalized spacial score (nSPS) is 13.1. The van der Waals surface area contributed by atoms with E-state index in [4.69, 9.17) is 8.85 Å². The van der Waals surface area contributed by atoms with E-state index in [2.05, 4.69) is 66.9 Å². The molecular weight excluding hydrogens is 346 g/mol. The summed E-state index contributed by atoms with van der Waals surface area (Å²) in [6.45, 7) is 22.3. The molecule has 0 aromatic heterocycles. The van der Waals surface area contributed by atoms with Gasteiger partial charge in [-0.05, 0) is 55.7 Å². The van der Waals surface area contributed by atoms with Crippen molar-refractivity contribution in [2.45, 2.75) is 97.1 Å². The fourth-order valence-corrected chi connectivity index (χ4v) is 11.2. The molecule has 150 valence electrons. The number of rotatable bonds is 13. The molecule has 0 heterocycles. The molecular formula is C19H43NO3Si2. The molecule has 0 saturated heterocycles. The first-order chi connectivity index (χ1) is 11.5. The highest BCUT2D eigenvalue weighted by Gasteiger charge is 2.47. The van der Waals surface area contributed by atoms with Crippen LogP contribution < -0.4 is 5.32 Å². The molecule has 4 nitrogen and oxygen atoms in total. The van der Waals surface area contributed by atoms with Crippen LogP contribution in [-0.2, 0) is 13.6 Å². The van der Waals surface area contributed by atoms with E-state index < -0.39 is 16.6 Å². The van der Waals surface area contributed by atoms with Crippen molar-refractivity contribution in [3.05, 3.63) is 0 Å². The second kappa shape index (κ2) is 11.5. The van der Waals surface area contributed by atoms with Gasteiger partial charge in [-0.1, -0.05) is 41.5 Å². The van der Waals surface area contributed by atoms with Gasteiger partial charge in [0.15, 0.2) is 8.32 Å². The highest BCUT2D eigenvalue weighted by molar-refractivity contribution is 6.78. The summed E-state index contributed by atoms with van der Waals surface area (Å²) >= 11 is 0. The number of carbonyl (C=O) groups excluding carboxylic acids is 1. The van der Waals surface area contributed by atoms with Crippen LogP contribution in [-0.4, -0.2) is 42.3 Å². The number of carbonyl (C=O) groups is 1. The molecule has 0 aliphatic rings. The first kappa shape index (κ1) is 24.8. The maximum Gasteiger partial charge on any atom is 0.293 e. The lowest BCUT2D eigenvalue weighted by Crippen LogP contribution is -2.49. The largest absolute Gasteiger partial charge is 0.518 e. The van der Waals surface area contributed by atoms with Gasteiger partial charge in [-0.15, -0.1) is 0 Å². The van der Waals surface area contributed by atoms with Gasteiger partial charge in [-0.3, -0.25) is 4.79 Å². The lowest BCUT2D eigenvalue weighted by atomic mass is 10.4. The van der Waals surface area contributed by atoms with Crippen LogP contribution in [0.25, 0.3) is 0 Å². The third kappa shape index (κ3) is 8.37. The van der Waals surface area contributed by atoms with E-state index in [-0.39, 0.29) is 5.97 Å². The molecule has 0 aromatic rings. The van der Waals surface area contributed by atoms with Crippen molar-refractivity contribution >= 4 is 22.6 Å². The third-order valence-corrected chi connectivity index (χ3v) is 13.8. The predicted octanol–water partition coefficient (Wildman–Crippen LogP) is 5.32. The van der Waals surface area contributed by atoms with E-state index in [1.807, 2.05) is 0 Å². The summed E-state index contributed by atoms with van der Waals surface area (Å²) < 4.78 is 12.0. The first-order valence-corrected chi connectivity index (χ1v) is 15.3. The Morgan fingerprint density at radius 1 is 0.960 bits per heavy atom. The molecule has 0 saturated carbocycles. The van der Waals surface area contributed by atoms with Crippen LogP contribution in [0.1, 0.15) is 61.3 Å². The zero-order valence-electron chi connectivity index (χ0n) is 18.2. The van der Waals surface area contributed by atoms with Gasteiger partial charge >= 0.3 is 0 Å². The van der Waals surface area contributed by atoms with Crippen molar-refractivity contribution in [2.75, 3.05) is 19.7 Å². The van der Waals surface area contributed by atoms with E-state index >= 15 is 0 Å². The van der Waals surface area contributed by atoms with Gasteiger partial charge in [0.25, 0.3) is 14.3 Å². The van der Waals surface area contributed by atoms with Gasteiger partial charge in [-0.2, -0.15) is 0 Å². The average Bonchev–Trinajstić information content (AvgIpc) is 2.47. The summed E-state index contributed by atoms with van der Waals surface area (Å²) in [5.74, 6) is -0.0284. The third-order valence-electron chi connectivity index (χ3n) is 5.17.